The molecule has 0 radical (unpaired) electrons. The third-order valence-corrected chi connectivity index (χ3v) is 5.98. The number of nitrogens with zero attached hydrogens (tertiary/aromatic N) is 1. The number of quaternary nitrogens is 1. The fourth-order valence-electron chi connectivity index (χ4n) is 3.87. The number of rotatable bonds is 7. The average molecular weight is 487 g/mol. The number of carbonyl (C=O) groups is 2. The van der Waals surface area contributed by atoms with Crippen molar-refractivity contribution in [3.8, 4) is 5.75 Å². The van der Waals surface area contributed by atoms with Gasteiger partial charge in [0.05, 0.1) is 33.8 Å². The average Bonchev–Trinajstić information content (AvgIpc) is 2.98. The van der Waals surface area contributed by atoms with Crippen molar-refractivity contribution in [1.29, 1.82) is 0 Å². The second-order valence-corrected chi connectivity index (χ2v) is 8.94. The standard InChI is InChI=1S/C24H27BrN2O4/c1-15-14-17(8-11-19(15)31-4)22(28)20-21(16-6-9-18(25)10-7-16)27(24(30)23(20)29)13-5-12-26(2)3/h6-11,14,21,28H,5,12-13H2,1-4H3/b22-20+. The van der Waals surface area contributed by atoms with E-state index in [1.54, 1.807) is 25.3 Å². The molecule has 1 saturated heterocycles. The molecule has 1 N–H and O–H groups in total. The molecule has 1 heterocycles. The number of hydrogen-bond donors (Lipinski definition) is 1. The highest BCUT2D eigenvalue weighted by atomic mass is 79.9. The van der Waals surface area contributed by atoms with Gasteiger partial charge in [-0.1, -0.05) is 39.9 Å². The number of carbonyl (C=O) groups excluding carboxylic acids is 2. The van der Waals surface area contributed by atoms with Crippen LogP contribution in [0.3, 0.4) is 0 Å². The van der Waals surface area contributed by atoms with Crippen LogP contribution >= 0.6 is 15.9 Å². The van der Waals surface area contributed by atoms with E-state index in [0.29, 0.717) is 17.9 Å². The number of benzene rings is 2. The van der Waals surface area contributed by atoms with Gasteiger partial charge in [0, 0.05) is 23.0 Å². The highest BCUT2D eigenvalue weighted by Crippen LogP contribution is 2.39. The number of nitrogens with one attached hydrogen (secondary N) is 1. The highest BCUT2D eigenvalue weighted by molar-refractivity contribution is 9.10. The van der Waals surface area contributed by atoms with E-state index in [-0.39, 0.29) is 5.57 Å². The molecule has 0 aliphatic carbocycles. The molecular formula is C24H27BrN2O4. The number of ketones is 1. The maximum atomic E-state index is 13.4. The molecule has 1 amide bonds. The first-order valence-electron chi connectivity index (χ1n) is 10.2. The van der Waals surface area contributed by atoms with Crippen molar-refractivity contribution in [3.05, 3.63) is 69.2 Å². The number of aryl methyl sites for hydroxylation is 1. The lowest BCUT2D eigenvalue weighted by Gasteiger charge is -2.28. The maximum Gasteiger partial charge on any atom is 0.295 e. The Hall–Kier alpha value is -2.64. The second kappa shape index (κ2) is 9.66. The first kappa shape index (κ1) is 23.0. The lowest BCUT2D eigenvalue weighted by atomic mass is 9.95. The van der Waals surface area contributed by atoms with Gasteiger partial charge in [0.2, 0.25) is 5.78 Å². The number of ether oxygens (including phenoxy) is 1. The normalized spacial score (nSPS) is 18.1. The summed E-state index contributed by atoms with van der Waals surface area (Å²) in [5.74, 6) is -1.09. The van der Waals surface area contributed by atoms with Crippen molar-refractivity contribution < 1.29 is 24.3 Å². The molecule has 1 aliphatic heterocycles. The van der Waals surface area contributed by atoms with Crippen molar-refractivity contribution >= 4 is 33.4 Å². The van der Waals surface area contributed by atoms with E-state index in [1.165, 1.54) is 9.80 Å². The van der Waals surface area contributed by atoms with Crippen molar-refractivity contribution in [2.75, 3.05) is 34.3 Å². The Balaban J connectivity index is 2.10. The van der Waals surface area contributed by atoms with E-state index >= 15 is 0 Å². The smallest absolute Gasteiger partial charge is 0.295 e. The van der Waals surface area contributed by atoms with Gasteiger partial charge in [-0.25, -0.2) is 0 Å². The van der Waals surface area contributed by atoms with Crippen LogP contribution < -0.4 is 14.7 Å². The largest absolute Gasteiger partial charge is 0.872 e. The summed E-state index contributed by atoms with van der Waals surface area (Å²) in [6, 6.07) is 11.7. The molecule has 0 saturated carbocycles. The van der Waals surface area contributed by atoms with Gasteiger partial charge in [-0.15, -0.1) is 0 Å². The van der Waals surface area contributed by atoms with E-state index < -0.39 is 23.5 Å². The van der Waals surface area contributed by atoms with Crippen LogP contribution in [0.1, 0.15) is 29.2 Å². The van der Waals surface area contributed by atoms with Gasteiger partial charge in [-0.3, -0.25) is 9.59 Å². The minimum absolute atomic E-state index is 0.00842. The van der Waals surface area contributed by atoms with Gasteiger partial charge >= 0.3 is 0 Å². The van der Waals surface area contributed by atoms with E-state index in [9.17, 15) is 14.7 Å². The van der Waals surface area contributed by atoms with Crippen molar-refractivity contribution in [2.24, 2.45) is 0 Å². The lowest BCUT2D eigenvalue weighted by molar-refractivity contribution is -0.858. The molecular weight excluding hydrogens is 460 g/mol. The fraction of sp³-hybridized carbons (Fsp3) is 0.333. The van der Waals surface area contributed by atoms with Crippen molar-refractivity contribution in [2.45, 2.75) is 19.4 Å². The van der Waals surface area contributed by atoms with Crippen molar-refractivity contribution in [3.63, 3.8) is 0 Å². The number of likely N-dealkylation sites (tertiary alicyclic amines) is 1. The number of methoxy groups -OCH3 is 1. The molecule has 7 heteroatoms. The zero-order valence-corrected chi connectivity index (χ0v) is 19.8. The number of hydrogen-bond acceptors (Lipinski definition) is 4. The number of Topliss-reactive ketones (excluding diaryl/α,β-unsaturated/α-hetero) is 1. The Labute approximate surface area is 191 Å². The molecule has 0 spiro atoms. The minimum atomic E-state index is -0.719. The van der Waals surface area contributed by atoms with Gasteiger partial charge < -0.3 is 19.6 Å². The van der Waals surface area contributed by atoms with Gasteiger partial charge in [0.1, 0.15) is 5.75 Å². The second-order valence-electron chi connectivity index (χ2n) is 8.02. The molecule has 1 atom stereocenters. The van der Waals surface area contributed by atoms with E-state index in [4.69, 9.17) is 4.74 Å². The Morgan fingerprint density at radius 3 is 2.42 bits per heavy atom. The Kier molecular flexibility index (Phi) is 7.18. The summed E-state index contributed by atoms with van der Waals surface area (Å²) in [7, 11) is 5.64. The zero-order chi connectivity index (χ0) is 22.7. The molecule has 1 aliphatic rings. The zero-order valence-electron chi connectivity index (χ0n) is 18.2. The summed E-state index contributed by atoms with van der Waals surface area (Å²) in [6.45, 7) is 3.10. The van der Waals surface area contributed by atoms with Crippen molar-refractivity contribution in [1.82, 2.24) is 4.90 Å². The highest BCUT2D eigenvalue weighted by Gasteiger charge is 2.43. The van der Waals surface area contributed by atoms with Crippen LogP contribution in [0.2, 0.25) is 0 Å². The lowest BCUT2D eigenvalue weighted by Crippen LogP contribution is -3.05. The Bertz CT molecular complexity index is 1010. The predicted molar refractivity (Wildman–Crippen MR) is 121 cm³/mol. The van der Waals surface area contributed by atoms with Gasteiger partial charge in [0.15, 0.2) is 0 Å². The topological polar surface area (TPSA) is 74.1 Å². The fourth-order valence-corrected chi connectivity index (χ4v) is 4.13. The van der Waals surface area contributed by atoms with E-state index in [2.05, 4.69) is 15.9 Å². The molecule has 2 aromatic rings. The summed E-state index contributed by atoms with van der Waals surface area (Å²) >= 11 is 3.42. The van der Waals surface area contributed by atoms with Crippen LogP contribution in [0.15, 0.2) is 52.5 Å². The van der Waals surface area contributed by atoms with Crippen LogP contribution in [0.4, 0.5) is 0 Å². The van der Waals surface area contributed by atoms with Crippen LogP contribution in [0.25, 0.3) is 5.76 Å². The molecule has 1 fully saturated rings. The molecule has 2 aromatic carbocycles. The first-order valence-corrected chi connectivity index (χ1v) is 11.0. The summed E-state index contributed by atoms with van der Waals surface area (Å²) in [6.07, 6.45) is 0.734. The summed E-state index contributed by atoms with van der Waals surface area (Å²) in [5.41, 5.74) is 1.91. The molecule has 0 bridgehead atoms. The summed E-state index contributed by atoms with van der Waals surface area (Å²) in [5, 5.41) is 13.4. The van der Waals surface area contributed by atoms with Gasteiger partial charge in [-0.05, 0) is 47.9 Å². The monoisotopic (exact) mass is 486 g/mol. The minimum Gasteiger partial charge on any atom is -0.872 e. The molecule has 3 rings (SSSR count). The Morgan fingerprint density at radius 2 is 1.84 bits per heavy atom. The molecule has 0 aromatic heterocycles. The van der Waals surface area contributed by atoms with E-state index in [1.807, 2.05) is 45.3 Å². The third-order valence-electron chi connectivity index (χ3n) is 5.45. The SMILES string of the molecule is COc1ccc(/C([O-])=C2\C(=O)C(=O)N(CCC[NH+](C)C)C2c2ccc(Br)cc2)cc1C. The van der Waals surface area contributed by atoms with Crippen LogP contribution in [0.5, 0.6) is 5.75 Å². The van der Waals surface area contributed by atoms with Gasteiger partial charge in [-0.2, -0.15) is 0 Å². The maximum absolute atomic E-state index is 13.4. The molecule has 164 valence electrons. The predicted octanol–water partition coefficient (Wildman–Crippen LogP) is 1.52. The van der Waals surface area contributed by atoms with Crippen LogP contribution in [-0.4, -0.2) is 50.9 Å². The molecule has 6 nitrogen and oxygen atoms in total. The summed E-state index contributed by atoms with van der Waals surface area (Å²) < 4.78 is 6.15. The quantitative estimate of drug-likeness (QED) is 0.365. The van der Waals surface area contributed by atoms with E-state index in [0.717, 1.165) is 28.6 Å². The number of amides is 1. The first-order chi connectivity index (χ1) is 14.7. The number of halogens is 1. The molecule has 1 unspecified atom stereocenters. The van der Waals surface area contributed by atoms with Crippen LogP contribution in [-0.2, 0) is 9.59 Å². The third kappa shape index (κ3) is 4.83. The summed E-state index contributed by atoms with van der Waals surface area (Å²) in [4.78, 5) is 28.7. The Morgan fingerprint density at radius 1 is 1.16 bits per heavy atom. The van der Waals surface area contributed by atoms with Crippen LogP contribution in [0, 0.1) is 6.92 Å². The molecule has 31 heavy (non-hydrogen) atoms. The van der Waals surface area contributed by atoms with Gasteiger partial charge in [0.25, 0.3) is 5.91 Å².